The van der Waals surface area contributed by atoms with E-state index in [0.717, 1.165) is 0 Å². The van der Waals surface area contributed by atoms with Gasteiger partial charge in [0.15, 0.2) is 0 Å². The molecule has 0 saturated heterocycles. The fraction of sp³-hybridized carbons (Fsp3) is 0.833. The number of aliphatic hydroxyl groups excluding tert-OH is 1. The quantitative estimate of drug-likeness (QED) is 0.530. The lowest BCUT2D eigenvalue weighted by Gasteiger charge is -2.06. The van der Waals surface area contributed by atoms with E-state index in [1.807, 2.05) is 0 Å². The summed E-state index contributed by atoms with van der Waals surface area (Å²) in [4.78, 5) is 10.2. The molecule has 0 amide bonds. The number of thioether (sulfide) groups is 1. The molecule has 5 heteroatoms. The van der Waals surface area contributed by atoms with Crippen LogP contribution in [0.1, 0.15) is 6.92 Å². The van der Waals surface area contributed by atoms with Gasteiger partial charge in [0.25, 0.3) is 0 Å². The van der Waals surface area contributed by atoms with E-state index in [1.54, 1.807) is 6.92 Å². The van der Waals surface area contributed by atoms with Crippen LogP contribution in [0.25, 0.3) is 0 Å². The van der Waals surface area contributed by atoms with Gasteiger partial charge in [-0.2, -0.15) is 11.8 Å². The molecule has 66 valence electrons. The Morgan fingerprint density at radius 1 is 1.64 bits per heavy atom. The molecule has 4 nitrogen and oxygen atoms in total. The second-order valence-electron chi connectivity index (χ2n) is 2.33. The maximum atomic E-state index is 10.2. The highest BCUT2D eigenvalue weighted by molar-refractivity contribution is 7.99. The minimum atomic E-state index is -0.997. The van der Waals surface area contributed by atoms with Crippen LogP contribution in [-0.4, -0.2) is 39.8 Å². The van der Waals surface area contributed by atoms with Crippen LogP contribution in [0.5, 0.6) is 0 Å². The predicted molar refractivity (Wildman–Crippen MR) is 44.6 cm³/mol. The Hall–Kier alpha value is -0.260. The summed E-state index contributed by atoms with van der Waals surface area (Å²) in [5.41, 5.74) is 5.20. The Kier molecular flexibility index (Phi) is 5.27. The van der Waals surface area contributed by atoms with Gasteiger partial charge in [-0.1, -0.05) is 0 Å². The molecule has 0 saturated carbocycles. The van der Waals surface area contributed by atoms with Gasteiger partial charge < -0.3 is 15.9 Å². The third-order valence-electron chi connectivity index (χ3n) is 0.974. The van der Waals surface area contributed by atoms with E-state index in [9.17, 15) is 4.79 Å². The van der Waals surface area contributed by atoms with Gasteiger partial charge in [-0.3, -0.25) is 4.79 Å². The highest BCUT2D eigenvalue weighted by atomic mass is 32.2. The molecular weight excluding hydrogens is 166 g/mol. The minimum absolute atomic E-state index is 0.347. The zero-order chi connectivity index (χ0) is 8.85. The molecule has 11 heavy (non-hydrogen) atoms. The van der Waals surface area contributed by atoms with Gasteiger partial charge in [-0.05, 0) is 6.92 Å². The molecule has 0 spiro atoms. The first kappa shape index (κ1) is 10.7. The Balaban J connectivity index is 3.31. The van der Waals surface area contributed by atoms with Gasteiger partial charge in [-0.25, -0.2) is 0 Å². The van der Waals surface area contributed by atoms with Crippen LogP contribution in [0.3, 0.4) is 0 Å². The number of hydrogen-bond donors (Lipinski definition) is 3. The molecule has 0 bridgehead atoms. The van der Waals surface area contributed by atoms with E-state index in [1.165, 1.54) is 11.8 Å². The smallest absolute Gasteiger partial charge is 0.321 e. The van der Waals surface area contributed by atoms with E-state index in [-0.39, 0.29) is 0 Å². The SMILES string of the molecule is CC(O)CSCC(N)C(=O)O. The minimum Gasteiger partial charge on any atom is -0.480 e. The fourth-order valence-corrected chi connectivity index (χ4v) is 1.31. The third-order valence-corrected chi connectivity index (χ3v) is 2.29. The number of hydrogen-bond acceptors (Lipinski definition) is 4. The van der Waals surface area contributed by atoms with Crippen LogP contribution < -0.4 is 5.73 Å². The molecule has 2 atom stereocenters. The van der Waals surface area contributed by atoms with Gasteiger partial charge in [0.1, 0.15) is 6.04 Å². The molecule has 0 aromatic heterocycles. The molecule has 0 aliphatic heterocycles. The van der Waals surface area contributed by atoms with Crippen molar-refractivity contribution in [3.63, 3.8) is 0 Å². The highest BCUT2D eigenvalue weighted by Crippen LogP contribution is 2.03. The Bertz CT molecular complexity index is 129. The first-order valence-corrected chi connectivity index (χ1v) is 4.43. The lowest BCUT2D eigenvalue weighted by molar-refractivity contribution is -0.137. The molecule has 0 heterocycles. The maximum absolute atomic E-state index is 10.2. The van der Waals surface area contributed by atoms with Gasteiger partial charge in [0.05, 0.1) is 6.10 Å². The lowest BCUT2D eigenvalue weighted by atomic mass is 10.4. The molecule has 0 aromatic carbocycles. The number of aliphatic hydroxyl groups is 1. The van der Waals surface area contributed by atoms with Crippen molar-refractivity contribution in [1.82, 2.24) is 0 Å². The number of aliphatic carboxylic acids is 1. The second-order valence-corrected chi connectivity index (χ2v) is 3.41. The lowest BCUT2D eigenvalue weighted by Crippen LogP contribution is -2.32. The summed E-state index contributed by atoms with van der Waals surface area (Å²) in [7, 11) is 0. The van der Waals surface area contributed by atoms with Crippen LogP contribution in [0.4, 0.5) is 0 Å². The topological polar surface area (TPSA) is 83.5 Å². The third kappa shape index (κ3) is 6.15. The van der Waals surface area contributed by atoms with Crippen molar-refractivity contribution in [2.75, 3.05) is 11.5 Å². The van der Waals surface area contributed by atoms with Gasteiger partial charge in [-0.15, -0.1) is 0 Å². The van der Waals surface area contributed by atoms with E-state index in [2.05, 4.69) is 0 Å². The van der Waals surface area contributed by atoms with Crippen molar-refractivity contribution in [2.24, 2.45) is 5.73 Å². The second kappa shape index (κ2) is 5.40. The van der Waals surface area contributed by atoms with Crippen LogP contribution in [0.15, 0.2) is 0 Å². The summed E-state index contributed by atoms with van der Waals surface area (Å²) in [5, 5.41) is 17.1. The van der Waals surface area contributed by atoms with Crippen molar-refractivity contribution in [3.8, 4) is 0 Å². The van der Waals surface area contributed by atoms with Gasteiger partial charge in [0, 0.05) is 11.5 Å². The Labute approximate surface area is 69.8 Å². The van der Waals surface area contributed by atoms with Crippen LogP contribution in [0.2, 0.25) is 0 Å². The van der Waals surface area contributed by atoms with Gasteiger partial charge in [0.2, 0.25) is 0 Å². The van der Waals surface area contributed by atoms with Crippen LogP contribution in [-0.2, 0) is 4.79 Å². The Morgan fingerprint density at radius 2 is 2.18 bits per heavy atom. The maximum Gasteiger partial charge on any atom is 0.321 e. The monoisotopic (exact) mass is 179 g/mol. The number of rotatable bonds is 5. The normalized spacial score (nSPS) is 15.9. The summed E-state index contributed by atoms with van der Waals surface area (Å²) in [6.45, 7) is 1.65. The van der Waals surface area contributed by atoms with E-state index < -0.39 is 18.1 Å². The van der Waals surface area contributed by atoms with Crippen molar-refractivity contribution in [2.45, 2.75) is 19.1 Å². The van der Waals surface area contributed by atoms with Gasteiger partial charge >= 0.3 is 5.97 Å². The largest absolute Gasteiger partial charge is 0.480 e. The fourth-order valence-electron chi connectivity index (χ4n) is 0.437. The van der Waals surface area contributed by atoms with E-state index in [0.29, 0.717) is 11.5 Å². The van der Waals surface area contributed by atoms with E-state index in [4.69, 9.17) is 15.9 Å². The zero-order valence-corrected chi connectivity index (χ0v) is 7.17. The molecule has 0 fully saturated rings. The average Bonchev–Trinajstić information content (AvgIpc) is 1.86. The number of nitrogens with two attached hydrogens (primary N) is 1. The molecule has 0 radical (unpaired) electrons. The molecular formula is C6H13NO3S. The number of carboxylic acid groups (broad SMARTS) is 1. The molecule has 0 aliphatic carbocycles. The number of carboxylic acids is 1. The number of carbonyl (C=O) groups is 1. The molecule has 2 unspecified atom stereocenters. The molecule has 0 aliphatic rings. The molecule has 0 aromatic rings. The molecule has 0 rings (SSSR count). The summed E-state index contributed by atoms with van der Waals surface area (Å²) in [6, 6.07) is -0.821. The summed E-state index contributed by atoms with van der Waals surface area (Å²) in [6.07, 6.45) is -0.402. The highest BCUT2D eigenvalue weighted by Gasteiger charge is 2.10. The average molecular weight is 179 g/mol. The van der Waals surface area contributed by atoms with Crippen molar-refractivity contribution < 1.29 is 15.0 Å². The first-order chi connectivity index (χ1) is 5.04. The first-order valence-electron chi connectivity index (χ1n) is 3.28. The zero-order valence-electron chi connectivity index (χ0n) is 6.36. The van der Waals surface area contributed by atoms with Crippen LogP contribution in [0, 0.1) is 0 Å². The standard InChI is InChI=1S/C6H13NO3S/c1-4(8)2-11-3-5(7)6(9)10/h4-5,8H,2-3,7H2,1H3,(H,9,10). The summed E-state index contributed by atoms with van der Waals surface area (Å²) in [5.74, 6) is -0.121. The predicted octanol–water partition coefficient (Wildman–Crippen LogP) is -0.488. The van der Waals surface area contributed by atoms with Crippen molar-refractivity contribution in [1.29, 1.82) is 0 Å². The van der Waals surface area contributed by atoms with Crippen molar-refractivity contribution in [3.05, 3.63) is 0 Å². The Morgan fingerprint density at radius 3 is 2.55 bits per heavy atom. The molecule has 4 N–H and O–H groups in total. The summed E-state index contributed by atoms with van der Waals surface area (Å²) < 4.78 is 0. The van der Waals surface area contributed by atoms with Crippen molar-refractivity contribution >= 4 is 17.7 Å². The van der Waals surface area contributed by atoms with Crippen LogP contribution >= 0.6 is 11.8 Å². The summed E-state index contributed by atoms with van der Waals surface area (Å²) >= 11 is 1.34. The van der Waals surface area contributed by atoms with E-state index >= 15 is 0 Å².